The molecule has 34 heavy (non-hydrogen) atoms. The van der Waals surface area contributed by atoms with E-state index in [1.165, 1.54) is 18.1 Å². The van der Waals surface area contributed by atoms with Gasteiger partial charge in [-0.1, -0.05) is 43.6 Å². The zero-order chi connectivity index (χ0) is 25.5. The molecule has 2 rings (SSSR count). The number of ether oxygens (including phenoxy) is 1. The van der Waals surface area contributed by atoms with Gasteiger partial charge >= 0.3 is 0 Å². The lowest BCUT2D eigenvalue weighted by Gasteiger charge is -2.31. The number of amides is 2. The summed E-state index contributed by atoms with van der Waals surface area (Å²) in [5, 5.41) is 3.39. The van der Waals surface area contributed by atoms with Crippen LogP contribution in [-0.2, 0) is 26.2 Å². The van der Waals surface area contributed by atoms with E-state index in [0.717, 1.165) is 16.1 Å². The van der Waals surface area contributed by atoms with Gasteiger partial charge in [0.2, 0.25) is 21.8 Å². The lowest BCUT2D eigenvalue weighted by Crippen LogP contribution is -2.51. The third-order valence-corrected chi connectivity index (χ3v) is 6.53. The maximum absolute atomic E-state index is 13.5. The smallest absolute Gasteiger partial charge is 0.244 e. The van der Waals surface area contributed by atoms with Gasteiger partial charge in [0.25, 0.3) is 0 Å². The molecule has 0 aliphatic rings. The number of hydrogen-bond donors (Lipinski definition) is 1. The molecule has 0 radical (unpaired) electrons. The highest BCUT2D eigenvalue weighted by atomic mass is 35.5. The first-order valence-electron chi connectivity index (χ1n) is 10.9. The van der Waals surface area contributed by atoms with Crippen molar-refractivity contribution in [1.29, 1.82) is 0 Å². The Kier molecular flexibility index (Phi) is 9.76. The zero-order valence-corrected chi connectivity index (χ0v) is 21.7. The molecule has 1 atom stereocenters. The van der Waals surface area contributed by atoms with Crippen molar-refractivity contribution in [2.45, 2.75) is 33.4 Å². The van der Waals surface area contributed by atoms with E-state index < -0.39 is 28.5 Å². The molecule has 0 fully saturated rings. The molecule has 10 heteroatoms. The molecule has 0 saturated carbocycles. The first kappa shape index (κ1) is 27.5. The summed E-state index contributed by atoms with van der Waals surface area (Å²) in [6, 6.07) is 12.5. The number of halogens is 1. The second kappa shape index (κ2) is 12.1. The summed E-state index contributed by atoms with van der Waals surface area (Å²) in [6.45, 7) is 5.67. The van der Waals surface area contributed by atoms with E-state index >= 15 is 0 Å². The summed E-state index contributed by atoms with van der Waals surface area (Å²) >= 11 is 5.98. The number of anilines is 1. The number of carbonyl (C=O) groups excluding carboxylic acids is 2. The second-order valence-electron chi connectivity index (χ2n) is 8.43. The van der Waals surface area contributed by atoms with Crippen molar-refractivity contribution in [1.82, 2.24) is 10.2 Å². The number of hydrogen-bond acceptors (Lipinski definition) is 5. The third-order valence-electron chi connectivity index (χ3n) is 5.14. The summed E-state index contributed by atoms with van der Waals surface area (Å²) in [5.74, 6) is -0.137. The molecule has 2 aromatic rings. The van der Waals surface area contributed by atoms with Crippen LogP contribution in [0.4, 0.5) is 5.69 Å². The van der Waals surface area contributed by atoms with Gasteiger partial charge in [-0.3, -0.25) is 13.9 Å². The Morgan fingerprint density at radius 2 is 1.74 bits per heavy atom. The molecule has 0 aromatic heterocycles. The van der Waals surface area contributed by atoms with Crippen molar-refractivity contribution in [3.05, 3.63) is 59.1 Å². The van der Waals surface area contributed by atoms with Crippen LogP contribution in [0.3, 0.4) is 0 Å². The Morgan fingerprint density at radius 3 is 2.29 bits per heavy atom. The van der Waals surface area contributed by atoms with Crippen LogP contribution in [-0.4, -0.2) is 57.6 Å². The van der Waals surface area contributed by atoms with Crippen molar-refractivity contribution >= 4 is 39.1 Å². The topological polar surface area (TPSA) is 96.0 Å². The number of sulfonamides is 1. The van der Waals surface area contributed by atoms with E-state index in [0.29, 0.717) is 23.0 Å². The minimum absolute atomic E-state index is 0.113. The summed E-state index contributed by atoms with van der Waals surface area (Å²) in [7, 11) is -2.33. The number of carbonyl (C=O) groups is 2. The minimum atomic E-state index is -3.81. The molecule has 0 saturated heterocycles. The molecular weight excluding hydrogens is 478 g/mol. The Balaban J connectivity index is 2.37. The van der Waals surface area contributed by atoms with Crippen LogP contribution in [0.25, 0.3) is 0 Å². The van der Waals surface area contributed by atoms with Crippen LogP contribution >= 0.6 is 11.6 Å². The number of rotatable bonds is 11. The summed E-state index contributed by atoms with van der Waals surface area (Å²) in [6.07, 6.45) is 1.03. The van der Waals surface area contributed by atoms with Gasteiger partial charge in [-0.2, -0.15) is 0 Å². The fraction of sp³-hybridized carbons (Fsp3) is 0.417. The molecule has 0 bridgehead atoms. The van der Waals surface area contributed by atoms with E-state index in [9.17, 15) is 18.0 Å². The standard InChI is InChI=1S/C24H32ClN3O5S/c1-17(2)14-26-24(30)18(3)27(15-19-9-11-20(25)12-10-19)23(29)16-28(34(5,31)32)21-7-6-8-22(13-21)33-4/h6-13,17-18H,14-16H2,1-5H3,(H,26,30). The lowest BCUT2D eigenvalue weighted by atomic mass is 10.1. The van der Waals surface area contributed by atoms with Crippen molar-refractivity contribution < 1.29 is 22.7 Å². The monoisotopic (exact) mass is 509 g/mol. The third kappa shape index (κ3) is 7.92. The van der Waals surface area contributed by atoms with E-state index in [4.69, 9.17) is 16.3 Å². The van der Waals surface area contributed by atoms with Gasteiger partial charge in [0.05, 0.1) is 19.1 Å². The van der Waals surface area contributed by atoms with Gasteiger partial charge in [0.1, 0.15) is 18.3 Å². The fourth-order valence-electron chi connectivity index (χ4n) is 3.20. The normalized spacial score (nSPS) is 12.2. The second-order valence-corrected chi connectivity index (χ2v) is 10.8. The summed E-state index contributed by atoms with van der Waals surface area (Å²) in [4.78, 5) is 27.6. The van der Waals surface area contributed by atoms with Gasteiger partial charge in [0, 0.05) is 24.2 Å². The Morgan fingerprint density at radius 1 is 1.09 bits per heavy atom. The summed E-state index contributed by atoms with van der Waals surface area (Å²) < 4.78 is 31.4. The van der Waals surface area contributed by atoms with Crippen molar-refractivity contribution in [3.63, 3.8) is 0 Å². The van der Waals surface area contributed by atoms with Gasteiger partial charge in [-0.15, -0.1) is 0 Å². The molecule has 1 unspecified atom stereocenters. The molecule has 0 aliphatic heterocycles. The van der Waals surface area contributed by atoms with E-state index in [1.54, 1.807) is 49.4 Å². The van der Waals surface area contributed by atoms with E-state index in [1.807, 2.05) is 13.8 Å². The molecular formula is C24H32ClN3O5S. The average Bonchev–Trinajstić information content (AvgIpc) is 2.79. The van der Waals surface area contributed by atoms with Crippen molar-refractivity contribution in [2.75, 3.05) is 30.8 Å². The molecule has 2 amide bonds. The van der Waals surface area contributed by atoms with Crippen LogP contribution in [0.5, 0.6) is 5.75 Å². The van der Waals surface area contributed by atoms with Crippen LogP contribution in [0.2, 0.25) is 5.02 Å². The van der Waals surface area contributed by atoms with E-state index in [2.05, 4.69) is 5.32 Å². The number of nitrogens with zero attached hydrogens (tertiary/aromatic N) is 2. The summed E-state index contributed by atoms with van der Waals surface area (Å²) in [5.41, 5.74) is 1.05. The van der Waals surface area contributed by atoms with Crippen LogP contribution in [0, 0.1) is 5.92 Å². The van der Waals surface area contributed by atoms with Crippen LogP contribution in [0.1, 0.15) is 26.3 Å². The average molecular weight is 510 g/mol. The van der Waals surface area contributed by atoms with Crippen molar-refractivity contribution in [3.8, 4) is 5.75 Å². The van der Waals surface area contributed by atoms with Crippen LogP contribution < -0.4 is 14.4 Å². The highest BCUT2D eigenvalue weighted by molar-refractivity contribution is 7.92. The Bertz CT molecular complexity index is 1090. The lowest BCUT2D eigenvalue weighted by molar-refractivity contribution is -0.139. The molecule has 0 spiro atoms. The maximum Gasteiger partial charge on any atom is 0.244 e. The number of nitrogens with one attached hydrogen (secondary N) is 1. The minimum Gasteiger partial charge on any atom is -0.497 e. The molecule has 2 aromatic carbocycles. The Labute approximate surface area is 206 Å². The van der Waals surface area contributed by atoms with Crippen LogP contribution in [0.15, 0.2) is 48.5 Å². The largest absolute Gasteiger partial charge is 0.497 e. The highest BCUT2D eigenvalue weighted by Crippen LogP contribution is 2.24. The fourth-order valence-corrected chi connectivity index (χ4v) is 4.17. The number of benzene rings is 2. The first-order valence-corrected chi connectivity index (χ1v) is 13.1. The first-order chi connectivity index (χ1) is 15.9. The maximum atomic E-state index is 13.5. The van der Waals surface area contributed by atoms with Gasteiger partial charge < -0.3 is 15.0 Å². The number of methoxy groups -OCH3 is 1. The van der Waals surface area contributed by atoms with Gasteiger partial charge in [-0.25, -0.2) is 8.42 Å². The van der Waals surface area contributed by atoms with Crippen molar-refractivity contribution in [2.24, 2.45) is 5.92 Å². The van der Waals surface area contributed by atoms with E-state index in [-0.39, 0.29) is 18.4 Å². The SMILES string of the molecule is COc1cccc(N(CC(=O)N(Cc2ccc(Cl)cc2)C(C)C(=O)NCC(C)C)S(C)(=O)=O)c1. The predicted octanol–water partition coefficient (Wildman–Crippen LogP) is 3.30. The zero-order valence-electron chi connectivity index (χ0n) is 20.1. The van der Waals surface area contributed by atoms with Gasteiger partial charge in [0.15, 0.2) is 0 Å². The highest BCUT2D eigenvalue weighted by Gasteiger charge is 2.30. The quantitative estimate of drug-likeness (QED) is 0.501. The molecule has 0 aliphatic carbocycles. The predicted molar refractivity (Wildman–Crippen MR) is 134 cm³/mol. The molecule has 8 nitrogen and oxygen atoms in total. The Hall–Kier alpha value is -2.78. The molecule has 0 heterocycles. The molecule has 1 N–H and O–H groups in total. The van der Waals surface area contributed by atoms with Gasteiger partial charge in [-0.05, 0) is 42.7 Å². The molecule has 186 valence electrons.